The van der Waals surface area contributed by atoms with Crippen LogP contribution < -0.4 is 15.2 Å². The van der Waals surface area contributed by atoms with Gasteiger partial charge in [0.25, 0.3) is 0 Å². The van der Waals surface area contributed by atoms with Gasteiger partial charge in [0.15, 0.2) is 0 Å². The molecule has 2 aromatic rings. The molecule has 1 aromatic heterocycles. The lowest BCUT2D eigenvalue weighted by Gasteiger charge is -2.12. The summed E-state index contributed by atoms with van der Waals surface area (Å²) in [4.78, 5) is 7.89. The van der Waals surface area contributed by atoms with Gasteiger partial charge < -0.3 is 15.2 Å². The molecule has 1 heterocycles. The first-order valence-corrected chi connectivity index (χ1v) is 5.91. The highest BCUT2D eigenvalue weighted by molar-refractivity contribution is 5.48. The minimum absolute atomic E-state index is 0.0725. The zero-order valence-electron chi connectivity index (χ0n) is 11.5. The number of ether oxygens (including phenoxy) is 2. The molecule has 0 amide bonds. The van der Waals surface area contributed by atoms with E-state index in [2.05, 4.69) is 16.0 Å². The molecule has 102 valence electrons. The van der Waals surface area contributed by atoms with Gasteiger partial charge in [0.2, 0.25) is 17.7 Å². The van der Waals surface area contributed by atoms with E-state index < -0.39 is 0 Å². The van der Waals surface area contributed by atoms with E-state index in [1.807, 2.05) is 13.8 Å². The molecule has 6 nitrogen and oxygen atoms in total. The van der Waals surface area contributed by atoms with E-state index in [1.54, 1.807) is 18.2 Å². The van der Waals surface area contributed by atoms with Crippen molar-refractivity contribution in [3.05, 3.63) is 34.9 Å². The van der Waals surface area contributed by atoms with E-state index >= 15 is 0 Å². The lowest BCUT2D eigenvalue weighted by molar-refractivity contribution is 0.388. The van der Waals surface area contributed by atoms with Crippen LogP contribution in [0.5, 0.6) is 17.5 Å². The van der Waals surface area contributed by atoms with Crippen LogP contribution in [-0.2, 0) is 0 Å². The maximum Gasteiger partial charge on any atom is 0.227 e. The summed E-state index contributed by atoms with van der Waals surface area (Å²) in [7, 11) is 1.49. The largest absolute Gasteiger partial charge is 0.481 e. The highest BCUT2D eigenvalue weighted by Crippen LogP contribution is 2.30. The molecule has 0 bridgehead atoms. The molecule has 20 heavy (non-hydrogen) atoms. The van der Waals surface area contributed by atoms with Crippen molar-refractivity contribution in [3.63, 3.8) is 0 Å². The van der Waals surface area contributed by atoms with Crippen LogP contribution in [0.1, 0.15) is 16.7 Å². The number of nitriles is 1. The van der Waals surface area contributed by atoms with E-state index in [9.17, 15) is 0 Å². The van der Waals surface area contributed by atoms with E-state index in [0.717, 1.165) is 11.1 Å². The predicted octanol–water partition coefficient (Wildman–Crippen LogP) is 2.35. The van der Waals surface area contributed by atoms with Crippen LogP contribution in [-0.4, -0.2) is 17.1 Å². The second-order valence-electron chi connectivity index (χ2n) is 4.26. The molecule has 0 aliphatic carbocycles. The molecule has 0 fully saturated rings. The molecular formula is C14H14N4O2. The molecule has 1 aromatic carbocycles. The number of aryl methyl sites for hydroxylation is 2. The van der Waals surface area contributed by atoms with Gasteiger partial charge in [-0.3, -0.25) is 0 Å². The molecule has 0 radical (unpaired) electrons. The fourth-order valence-electron chi connectivity index (χ4n) is 1.86. The first kappa shape index (κ1) is 13.6. The molecular weight excluding hydrogens is 256 g/mol. The minimum atomic E-state index is 0.0725. The first-order valence-electron chi connectivity index (χ1n) is 5.91. The fourth-order valence-corrected chi connectivity index (χ4v) is 1.86. The van der Waals surface area contributed by atoms with Gasteiger partial charge in [-0.1, -0.05) is 0 Å². The number of nitrogens with two attached hydrogens (primary N) is 1. The van der Waals surface area contributed by atoms with Gasteiger partial charge in [0.1, 0.15) is 5.75 Å². The maximum absolute atomic E-state index is 8.93. The predicted molar refractivity (Wildman–Crippen MR) is 73.7 cm³/mol. The maximum atomic E-state index is 8.93. The molecule has 2 N–H and O–H groups in total. The molecule has 0 aliphatic heterocycles. The number of hydrogen-bond acceptors (Lipinski definition) is 6. The van der Waals surface area contributed by atoms with Crippen molar-refractivity contribution in [2.75, 3.05) is 12.8 Å². The van der Waals surface area contributed by atoms with Gasteiger partial charge in [0, 0.05) is 0 Å². The number of nitrogens with zero attached hydrogens (tertiary/aromatic N) is 3. The normalized spacial score (nSPS) is 9.90. The van der Waals surface area contributed by atoms with Crippen LogP contribution in [0.2, 0.25) is 0 Å². The summed E-state index contributed by atoms with van der Waals surface area (Å²) in [5.41, 5.74) is 7.87. The number of benzene rings is 1. The van der Waals surface area contributed by atoms with Gasteiger partial charge in [-0.15, -0.1) is 0 Å². The summed E-state index contributed by atoms with van der Waals surface area (Å²) in [5.74, 6) is 1.34. The molecule has 0 saturated heterocycles. The average Bonchev–Trinajstić information content (AvgIpc) is 2.41. The number of nitrogen functional groups attached to an aromatic ring is 1. The Balaban J connectivity index is 2.40. The fraction of sp³-hybridized carbons (Fsp3) is 0.214. The molecule has 0 atom stereocenters. The number of rotatable bonds is 3. The van der Waals surface area contributed by atoms with Gasteiger partial charge in [-0.25, -0.2) is 0 Å². The third kappa shape index (κ3) is 2.78. The van der Waals surface area contributed by atoms with Crippen molar-refractivity contribution < 1.29 is 9.47 Å². The van der Waals surface area contributed by atoms with Crippen molar-refractivity contribution in [1.82, 2.24) is 9.97 Å². The zero-order chi connectivity index (χ0) is 14.7. The highest BCUT2D eigenvalue weighted by Gasteiger charge is 2.10. The van der Waals surface area contributed by atoms with E-state index in [4.69, 9.17) is 20.5 Å². The SMILES string of the molecule is COc1cc(Oc2c(C)cc(C#N)cc2C)nc(N)n1. The Morgan fingerprint density at radius 3 is 2.25 bits per heavy atom. The van der Waals surface area contributed by atoms with E-state index in [1.165, 1.54) is 7.11 Å². The van der Waals surface area contributed by atoms with Crippen LogP contribution in [0, 0.1) is 25.2 Å². The van der Waals surface area contributed by atoms with E-state index in [0.29, 0.717) is 23.1 Å². The molecule has 2 rings (SSSR count). The van der Waals surface area contributed by atoms with Crippen LogP contribution in [0.3, 0.4) is 0 Å². The monoisotopic (exact) mass is 270 g/mol. The minimum Gasteiger partial charge on any atom is -0.481 e. The van der Waals surface area contributed by atoms with Gasteiger partial charge in [0.05, 0.1) is 24.8 Å². The van der Waals surface area contributed by atoms with Gasteiger partial charge in [-0.05, 0) is 37.1 Å². The summed E-state index contributed by atoms with van der Waals surface area (Å²) in [6.45, 7) is 3.73. The number of methoxy groups -OCH3 is 1. The summed E-state index contributed by atoms with van der Waals surface area (Å²) in [6, 6.07) is 7.16. The van der Waals surface area contributed by atoms with Crippen molar-refractivity contribution in [3.8, 4) is 23.6 Å². The Bertz CT molecular complexity index is 669. The second-order valence-corrected chi connectivity index (χ2v) is 4.26. The van der Waals surface area contributed by atoms with Crippen LogP contribution in [0.4, 0.5) is 5.95 Å². The Labute approximate surface area is 116 Å². The Kier molecular flexibility index (Phi) is 3.71. The summed E-state index contributed by atoms with van der Waals surface area (Å²) < 4.78 is 10.8. The Hall–Kier alpha value is -2.81. The van der Waals surface area contributed by atoms with Crippen LogP contribution in [0.25, 0.3) is 0 Å². The zero-order valence-corrected chi connectivity index (χ0v) is 11.5. The second kappa shape index (κ2) is 5.45. The van der Waals surface area contributed by atoms with Crippen LogP contribution in [0.15, 0.2) is 18.2 Å². The number of aromatic nitrogens is 2. The lowest BCUT2D eigenvalue weighted by Crippen LogP contribution is -2.01. The quantitative estimate of drug-likeness (QED) is 0.919. The van der Waals surface area contributed by atoms with Crippen molar-refractivity contribution in [1.29, 1.82) is 5.26 Å². The summed E-state index contributed by atoms with van der Waals surface area (Å²) >= 11 is 0. The first-order chi connectivity index (χ1) is 9.53. The molecule has 0 aliphatic rings. The highest BCUT2D eigenvalue weighted by atomic mass is 16.5. The Morgan fingerprint density at radius 2 is 1.70 bits per heavy atom. The smallest absolute Gasteiger partial charge is 0.227 e. The number of hydrogen-bond donors (Lipinski definition) is 1. The van der Waals surface area contributed by atoms with E-state index in [-0.39, 0.29) is 5.95 Å². The number of anilines is 1. The summed E-state index contributed by atoms with van der Waals surface area (Å²) in [5, 5.41) is 8.93. The van der Waals surface area contributed by atoms with Gasteiger partial charge in [-0.2, -0.15) is 15.2 Å². The molecule has 0 saturated carbocycles. The molecule has 0 spiro atoms. The Morgan fingerprint density at radius 1 is 1.10 bits per heavy atom. The van der Waals surface area contributed by atoms with Crippen LogP contribution >= 0.6 is 0 Å². The lowest BCUT2D eigenvalue weighted by atomic mass is 10.1. The van der Waals surface area contributed by atoms with Gasteiger partial charge >= 0.3 is 0 Å². The third-order valence-corrected chi connectivity index (χ3v) is 2.70. The topological polar surface area (TPSA) is 94.0 Å². The molecule has 6 heteroatoms. The average molecular weight is 270 g/mol. The summed E-state index contributed by atoms with van der Waals surface area (Å²) in [6.07, 6.45) is 0. The standard InChI is InChI=1S/C14H14N4O2/c1-8-4-10(7-15)5-9(2)13(8)20-12-6-11(19-3)17-14(16)18-12/h4-6H,1-3H3,(H2,16,17,18). The third-order valence-electron chi connectivity index (χ3n) is 2.70. The van der Waals surface area contributed by atoms with Crippen molar-refractivity contribution in [2.45, 2.75) is 13.8 Å². The van der Waals surface area contributed by atoms with Crippen molar-refractivity contribution in [2.24, 2.45) is 0 Å². The van der Waals surface area contributed by atoms with Crippen molar-refractivity contribution >= 4 is 5.95 Å². The molecule has 0 unspecified atom stereocenters.